The minimum absolute atomic E-state index is 0.0918. The van der Waals surface area contributed by atoms with E-state index < -0.39 is 11.0 Å². The Balaban J connectivity index is 2.75. The second-order valence-corrected chi connectivity index (χ2v) is 5.70. The van der Waals surface area contributed by atoms with E-state index in [1.54, 1.807) is 13.3 Å². The van der Waals surface area contributed by atoms with Crippen LogP contribution in [0.4, 0.5) is 0 Å². The Hall–Kier alpha value is -1.62. The van der Waals surface area contributed by atoms with Crippen LogP contribution in [-0.2, 0) is 11.3 Å². The molecule has 1 amide bonds. The Kier molecular flexibility index (Phi) is 4.52. The maximum absolute atomic E-state index is 12.2. The smallest absolute Gasteiger partial charge is 0.227 e. The van der Waals surface area contributed by atoms with Gasteiger partial charge in [0.25, 0.3) is 0 Å². The van der Waals surface area contributed by atoms with Gasteiger partial charge in [0.05, 0.1) is 12.5 Å². The van der Waals surface area contributed by atoms with Gasteiger partial charge < -0.3 is 15.8 Å². The fraction of sp³-hybridized carbons (Fsp3) is 0.571. The van der Waals surface area contributed by atoms with Gasteiger partial charge in [0.2, 0.25) is 11.8 Å². The van der Waals surface area contributed by atoms with E-state index in [1.807, 2.05) is 39.8 Å². The summed E-state index contributed by atoms with van der Waals surface area (Å²) in [6.07, 6.45) is 1.65. The molecule has 0 radical (unpaired) electrons. The molecule has 106 valence electrons. The molecule has 0 atom stereocenters. The molecule has 5 nitrogen and oxygen atoms in total. The van der Waals surface area contributed by atoms with Gasteiger partial charge in [0, 0.05) is 23.8 Å². The van der Waals surface area contributed by atoms with E-state index in [-0.39, 0.29) is 5.91 Å². The van der Waals surface area contributed by atoms with Crippen LogP contribution in [0.15, 0.2) is 18.3 Å². The molecule has 0 aliphatic carbocycles. The molecule has 19 heavy (non-hydrogen) atoms. The largest absolute Gasteiger partial charge is 0.481 e. The van der Waals surface area contributed by atoms with Crippen molar-refractivity contribution in [3.8, 4) is 5.88 Å². The van der Waals surface area contributed by atoms with Gasteiger partial charge in [0.1, 0.15) is 0 Å². The van der Waals surface area contributed by atoms with Crippen molar-refractivity contribution in [3.63, 3.8) is 0 Å². The van der Waals surface area contributed by atoms with Crippen LogP contribution in [0.5, 0.6) is 5.88 Å². The highest BCUT2D eigenvalue weighted by atomic mass is 16.5. The van der Waals surface area contributed by atoms with Crippen molar-refractivity contribution in [2.75, 3.05) is 7.11 Å². The van der Waals surface area contributed by atoms with Gasteiger partial charge in [-0.25, -0.2) is 4.98 Å². The lowest BCUT2D eigenvalue weighted by Gasteiger charge is -2.36. The number of hydrogen-bond donors (Lipinski definition) is 2. The van der Waals surface area contributed by atoms with Gasteiger partial charge in [-0.15, -0.1) is 0 Å². The van der Waals surface area contributed by atoms with Crippen LogP contribution in [0.3, 0.4) is 0 Å². The van der Waals surface area contributed by atoms with E-state index in [4.69, 9.17) is 10.5 Å². The van der Waals surface area contributed by atoms with Crippen molar-refractivity contribution in [1.82, 2.24) is 10.3 Å². The minimum atomic E-state index is -0.664. The van der Waals surface area contributed by atoms with Crippen molar-refractivity contribution in [2.24, 2.45) is 11.1 Å². The number of nitrogens with two attached hydrogens (primary N) is 1. The second-order valence-electron chi connectivity index (χ2n) is 5.70. The lowest BCUT2D eigenvalue weighted by molar-refractivity contribution is -0.132. The first-order valence-electron chi connectivity index (χ1n) is 6.25. The summed E-state index contributed by atoms with van der Waals surface area (Å²) in [4.78, 5) is 16.3. The van der Waals surface area contributed by atoms with Crippen LogP contribution < -0.4 is 15.8 Å². The number of methoxy groups -OCH3 is 1. The second kappa shape index (κ2) is 5.57. The summed E-state index contributed by atoms with van der Waals surface area (Å²) >= 11 is 0. The van der Waals surface area contributed by atoms with Gasteiger partial charge in [-0.1, -0.05) is 6.07 Å². The third kappa shape index (κ3) is 3.44. The number of amides is 1. The van der Waals surface area contributed by atoms with Crippen molar-refractivity contribution >= 4 is 5.91 Å². The van der Waals surface area contributed by atoms with E-state index in [9.17, 15) is 4.79 Å². The SMILES string of the molecule is COc1ncccc1CNC(=O)C(C)(C)C(C)(C)N. The average Bonchev–Trinajstić information content (AvgIpc) is 2.34. The molecule has 0 bridgehead atoms. The van der Waals surface area contributed by atoms with Crippen molar-refractivity contribution < 1.29 is 9.53 Å². The van der Waals surface area contributed by atoms with E-state index in [0.29, 0.717) is 12.4 Å². The van der Waals surface area contributed by atoms with Gasteiger partial charge in [-0.2, -0.15) is 0 Å². The Bertz CT molecular complexity index is 450. The Morgan fingerprint density at radius 2 is 2.05 bits per heavy atom. The minimum Gasteiger partial charge on any atom is -0.481 e. The third-order valence-corrected chi connectivity index (χ3v) is 3.66. The molecule has 1 heterocycles. The first-order chi connectivity index (χ1) is 8.70. The summed E-state index contributed by atoms with van der Waals surface area (Å²) < 4.78 is 5.14. The maximum Gasteiger partial charge on any atom is 0.227 e. The Labute approximate surface area is 114 Å². The molecule has 0 fully saturated rings. The summed E-state index contributed by atoms with van der Waals surface area (Å²) in [5.41, 5.74) is 5.61. The van der Waals surface area contributed by atoms with E-state index in [1.165, 1.54) is 0 Å². The Morgan fingerprint density at radius 3 is 2.58 bits per heavy atom. The quantitative estimate of drug-likeness (QED) is 0.845. The number of carbonyl (C=O) groups is 1. The van der Waals surface area contributed by atoms with Crippen LogP contribution in [-0.4, -0.2) is 23.5 Å². The molecule has 0 spiro atoms. The number of carbonyl (C=O) groups excluding carboxylic acids is 1. The topological polar surface area (TPSA) is 77.2 Å². The van der Waals surface area contributed by atoms with E-state index in [2.05, 4.69) is 10.3 Å². The highest BCUT2D eigenvalue weighted by molar-refractivity contribution is 5.83. The lowest BCUT2D eigenvalue weighted by atomic mass is 9.74. The number of aromatic nitrogens is 1. The molecular formula is C14H23N3O2. The van der Waals surface area contributed by atoms with Gasteiger partial charge in [0.15, 0.2) is 0 Å². The predicted molar refractivity (Wildman–Crippen MR) is 74.7 cm³/mol. The van der Waals surface area contributed by atoms with Crippen molar-refractivity contribution in [3.05, 3.63) is 23.9 Å². The highest BCUT2D eigenvalue weighted by Crippen LogP contribution is 2.28. The third-order valence-electron chi connectivity index (χ3n) is 3.66. The molecule has 0 saturated heterocycles. The average molecular weight is 265 g/mol. The number of nitrogens with one attached hydrogen (secondary N) is 1. The molecular weight excluding hydrogens is 242 g/mol. The van der Waals surface area contributed by atoms with Crippen LogP contribution in [0.2, 0.25) is 0 Å². The normalized spacial score (nSPS) is 12.1. The molecule has 0 aliphatic rings. The Morgan fingerprint density at radius 1 is 1.42 bits per heavy atom. The number of ether oxygens (including phenoxy) is 1. The monoisotopic (exact) mass is 265 g/mol. The first-order valence-corrected chi connectivity index (χ1v) is 6.25. The van der Waals surface area contributed by atoms with Crippen LogP contribution >= 0.6 is 0 Å². The number of rotatable bonds is 5. The molecule has 0 aromatic carbocycles. The molecule has 0 aliphatic heterocycles. The standard InChI is InChI=1S/C14H23N3O2/c1-13(2,14(3,4)15)12(18)17-9-10-7-6-8-16-11(10)19-5/h6-8H,9,15H2,1-5H3,(H,17,18). The van der Waals surface area contributed by atoms with E-state index in [0.717, 1.165) is 5.56 Å². The van der Waals surface area contributed by atoms with Gasteiger partial charge >= 0.3 is 0 Å². The number of pyridine rings is 1. The molecule has 5 heteroatoms. The zero-order valence-electron chi connectivity index (χ0n) is 12.3. The van der Waals surface area contributed by atoms with Gasteiger partial charge in [-0.05, 0) is 33.8 Å². The summed E-state index contributed by atoms with van der Waals surface area (Å²) in [7, 11) is 1.56. The predicted octanol–water partition coefficient (Wildman–Crippen LogP) is 1.47. The van der Waals surface area contributed by atoms with Crippen LogP contribution in [0.25, 0.3) is 0 Å². The summed E-state index contributed by atoms with van der Waals surface area (Å²) in [5, 5.41) is 2.88. The lowest BCUT2D eigenvalue weighted by Crippen LogP contribution is -2.55. The maximum atomic E-state index is 12.2. The molecule has 3 N–H and O–H groups in total. The highest BCUT2D eigenvalue weighted by Gasteiger charge is 2.40. The summed E-state index contributed by atoms with van der Waals surface area (Å²) in [5.74, 6) is 0.429. The first kappa shape index (κ1) is 15.4. The summed E-state index contributed by atoms with van der Waals surface area (Å²) in [6, 6.07) is 3.68. The van der Waals surface area contributed by atoms with Crippen molar-refractivity contribution in [1.29, 1.82) is 0 Å². The number of hydrogen-bond acceptors (Lipinski definition) is 4. The number of nitrogens with zero attached hydrogens (tertiary/aromatic N) is 1. The van der Waals surface area contributed by atoms with Crippen LogP contribution in [0.1, 0.15) is 33.3 Å². The van der Waals surface area contributed by atoms with Crippen LogP contribution in [0, 0.1) is 5.41 Å². The molecule has 1 aromatic rings. The zero-order chi connectivity index (χ0) is 14.7. The fourth-order valence-corrected chi connectivity index (χ4v) is 1.43. The van der Waals surface area contributed by atoms with E-state index >= 15 is 0 Å². The van der Waals surface area contributed by atoms with Crippen molar-refractivity contribution in [2.45, 2.75) is 39.8 Å². The van der Waals surface area contributed by atoms with Gasteiger partial charge in [-0.3, -0.25) is 4.79 Å². The summed E-state index contributed by atoms with van der Waals surface area (Å²) in [6.45, 7) is 7.73. The molecule has 1 rings (SSSR count). The fourth-order valence-electron chi connectivity index (χ4n) is 1.43. The molecule has 0 unspecified atom stereocenters. The zero-order valence-corrected chi connectivity index (χ0v) is 12.3. The molecule has 0 saturated carbocycles. The molecule has 1 aromatic heterocycles.